The number of hydrogen-bond donors (Lipinski definition) is 1. The molecule has 0 atom stereocenters. The van der Waals surface area contributed by atoms with Crippen molar-refractivity contribution in [2.45, 2.75) is 0 Å². The maximum absolute atomic E-state index is 4.83. The van der Waals surface area contributed by atoms with Crippen LogP contribution in [0.25, 0.3) is 11.0 Å². The first-order valence-corrected chi connectivity index (χ1v) is 3.57. The van der Waals surface area contributed by atoms with E-state index in [0.717, 1.165) is 11.0 Å². The van der Waals surface area contributed by atoms with Crippen molar-refractivity contribution in [1.29, 1.82) is 0 Å². The van der Waals surface area contributed by atoms with Gasteiger partial charge >= 0.3 is 0 Å². The third kappa shape index (κ3) is 1.12. The molecule has 0 aliphatic heterocycles. The van der Waals surface area contributed by atoms with Crippen molar-refractivity contribution in [2.75, 3.05) is 0 Å². The smallest absolute Gasteiger partial charge is 0.198 e. The van der Waals surface area contributed by atoms with Gasteiger partial charge in [-0.05, 0) is 24.4 Å². The highest BCUT2D eigenvalue weighted by atomic mass is 32.1. The van der Waals surface area contributed by atoms with E-state index in [-0.39, 0.29) is 0 Å². The number of rotatable bonds is 0. The first-order chi connectivity index (χ1) is 5.36. The fourth-order valence-corrected chi connectivity index (χ4v) is 1.04. The van der Waals surface area contributed by atoms with Crippen LogP contribution in [-0.2, 0) is 0 Å². The molecule has 0 unspecified atom stereocenters. The molecular weight excluding hydrogens is 158 g/mol. The maximum Gasteiger partial charge on any atom is 0.198 e. The van der Waals surface area contributed by atoms with E-state index < -0.39 is 0 Å². The number of nitrogens with zero attached hydrogens (tertiary/aromatic N) is 2. The van der Waals surface area contributed by atoms with Gasteiger partial charge in [-0.1, -0.05) is 0 Å². The summed E-state index contributed by atoms with van der Waals surface area (Å²) in [5.74, 6) is 0. The average molecular weight is 163 g/mol. The number of fused-ring (bicyclic) bond motifs is 1. The molecular formula is C7H5N3S. The SMILES string of the molecule is S=c1ncc2cccnc2[nH]1. The van der Waals surface area contributed by atoms with Gasteiger partial charge in [-0.15, -0.1) is 0 Å². The molecule has 0 radical (unpaired) electrons. The summed E-state index contributed by atoms with van der Waals surface area (Å²) in [6, 6.07) is 3.79. The van der Waals surface area contributed by atoms with Crippen LogP contribution in [0.1, 0.15) is 0 Å². The lowest BCUT2D eigenvalue weighted by molar-refractivity contribution is 1.15. The van der Waals surface area contributed by atoms with E-state index in [1.54, 1.807) is 12.4 Å². The molecule has 3 nitrogen and oxygen atoms in total. The van der Waals surface area contributed by atoms with Gasteiger partial charge in [0.05, 0.1) is 0 Å². The quantitative estimate of drug-likeness (QED) is 0.601. The van der Waals surface area contributed by atoms with Gasteiger partial charge in [0, 0.05) is 17.8 Å². The summed E-state index contributed by atoms with van der Waals surface area (Å²) in [5, 5.41) is 0.973. The van der Waals surface area contributed by atoms with Gasteiger partial charge in [0.1, 0.15) is 5.65 Å². The molecule has 2 aromatic rings. The van der Waals surface area contributed by atoms with Crippen molar-refractivity contribution in [3.8, 4) is 0 Å². The number of hydrogen-bond acceptors (Lipinski definition) is 3. The summed E-state index contributed by atoms with van der Waals surface area (Å²) in [5.41, 5.74) is 0.785. The highest BCUT2D eigenvalue weighted by Gasteiger charge is 1.90. The Bertz CT molecular complexity index is 435. The Hall–Kier alpha value is -1.29. The van der Waals surface area contributed by atoms with Gasteiger partial charge in [-0.3, -0.25) is 0 Å². The highest BCUT2D eigenvalue weighted by molar-refractivity contribution is 7.71. The molecule has 54 valence electrons. The van der Waals surface area contributed by atoms with Crippen LogP contribution in [0, 0.1) is 4.77 Å². The Balaban J connectivity index is 2.94. The predicted molar refractivity (Wildman–Crippen MR) is 44.7 cm³/mol. The van der Waals surface area contributed by atoms with Gasteiger partial charge in [-0.2, -0.15) is 0 Å². The fraction of sp³-hybridized carbons (Fsp3) is 0. The molecule has 1 N–H and O–H groups in total. The van der Waals surface area contributed by atoms with Crippen LogP contribution in [0.15, 0.2) is 24.5 Å². The molecule has 11 heavy (non-hydrogen) atoms. The molecule has 0 amide bonds. The Morgan fingerprint density at radius 2 is 2.27 bits per heavy atom. The van der Waals surface area contributed by atoms with E-state index in [2.05, 4.69) is 15.0 Å². The van der Waals surface area contributed by atoms with Crippen molar-refractivity contribution in [3.05, 3.63) is 29.3 Å². The van der Waals surface area contributed by atoms with Crippen LogP contribution in [0.5, 0.6) is 0 Å². The standard InChI is InChI=1S/C7H5N3S/c11-7-9-4-5-2-1-3-8-6(5)10-7/h1-4H,(H,8,9,10,11). The van der Waals surface area contributed by atoms with Crippen LogP contribution in [0.3, 0.4) is 0 Å². The second-order valence-electron chi connectivity index (χ2n) is 2.13. The molecule has 0 aliphatic carbocycles. The second-order valence-corrected chi connectivity index (χ2v) is 2.52. The molecule has 0 aromatic carbocycles. The number of aromatic nitrogens is 3. The lowest BCUT2D eigenvalue weighted by atomic mass is 10.3. The Labute approximate surface area is 68.1 Å². The van der Waals surface area contributed by atoms with E-state index in [1.807, 2.05) is 12.1 Å². The van der Waals surface area contributed by atoms with Crippen LogP contribution in [0.4, 0.5) is 0 Å². The molecule has 4 heteroatoms. The third-order valence-electron chi connectivity index (χ3n) is 1.39. The molecule has 2 aromatic heterocycles. The summed E-state index contributed by atoms with van der Waals surface area (Å²) in [6.07, 6.45) is 3.43. The predicted octanol–water partition coefficient (Wildman–Crippen LogP) is 1.69. The minimum atomic E-state index is 0.469. The lowest BCUT2D eigenvalue weighted by Gasteiger charge is -1.92. The van der Waals surface area contributed by atoms with E-state index in [4.69, 9.17) is 12.2 Å². The molecule has 0 saturated carbocycles. The van der Waals surface area contributed by atoms with E-state index >= 15 is 0 Å². The van der Waals surface area contributed by atoms with Gasteiger partial charge < -0.3 is 4.98 Å². The minimum absolute atomic E-state index is 0.469. The zero-order chi connectivity index (χ0) is 7.68. The summed E-state index contributed by atoms with van der Waals surface area (Å²) in [7, 11) is 0. The zero-order valence-electron chi connectivity index (χ0n) is 5.61. The van der Waals surface area contributed by atoms with E-state index in [0.29, 0.717) is 4.77 Å². The average Bonchev–Trinajstić information content (AvgIpc) is 2.04. The minimum Gasteiger partial charge on any atom is -0.315 e. The second kappa shape index (κ2) is 2.39. The van der Waals surface area contributed by atoms with Crippen molar-refractivity contribution in [1.82, 2.24) is 15.0 Å². The van der Waals surface area contributed by atoms with Crippen LogP contribution < -0.4 is 0 Å². The number of aromatic amines is 1. The maximum atomic E-state index is 4.83. The van der Waals surface area contributed by atoms with Crippen molar-refractivity contribution in [3.63, 3.8) is 0 Å². The van der Waals surface area contributed by atoms with Crippen molar-refractivity contribution in [2.24, 2.45) is 0 Å². The topological polar surface area (TPSA) is 41.6 Å². The molecule has 0 spiro atoms. The van der Waals surface area contributed by atoms with Gasteiger partial charge in [-0.25, -0.2) is 9.97 Å². The number of pyridine rings is 1. The first-order valence-electron chi connectivity index (χ1n) is 3.16. The molecule has 2 rings (SSSR count). The highest BCUT2D eigenvalue weighted by Crippen LogP contribution is 2.03. The Morgan fingerprint density at radius 3 is 3.18 bits per heavy atom. The molecule has 0 aliphatic rings. The Morgan fingerprint density at radius 1 is 1.36 bits per heavy atom. The van der Waals surface area contributed by atoms with E-state index in [1.165, 1.54) is 0 Å². The summed E-state index contributed by atoms with van der Waals surface area (Å²) in [6.45, 7) is 0. The van der Waals surface area contributed by atoms with Gasteiger partial charge in [0.25, 0.3) is 0 Å². The van der Waals surface area contributed by atoms with Crippen molar-refractivity contribution < 1.29 is 0 Å². The summed E-state index contributed by atoms with van der Waals surface area (Å²) < 4.78 is 0.469. The summed E-state index contributed by atoms with van der Waals surface area (Å²) >= 11 is 4.83. The zero-order valence-corrected chi connectivity index (χ0v) is 6.43. The number of nitrogens with one attached hydrogen (secondary N) is 1. The first kappa shape index (κ1) is 6.42. The van der Waals surface area contributed by atoms with Gasteiger partial charge in [0.15, 0.2) is 4.77 Å². The van der Waals surface area contributed by atoms with E-state index in [9.17, 15) is 0 Å². The van der Waals surface area contributed by atoms with Crippen molar-refractivity contribution >= 4 is 23.3 Å². The fourth-order valence-electron chi connectivity index (χ4n) is 0.888. The molecule has 2 heterocycles. The molecule has 0 fully saturated rings. The molecule has 0 bridgehead atoms. The monoisotopic (exact) mass is 163 g/mol. The Kier molecular flexibility index (Phi) is 1.40. The van der Waals surface area contributed by atoms with Crippen LogP contribution >= 0.6 is 12.2 Å². The largest absolute Gasteiger partial charge is 0.315 e. The normalized spacial score (nSPS) is 10.2. The number of H-pyrrole nitrogens is 1. The third-order valence-corrected chi connectivity index (χ3v) is 1.59. The molecule has 0 saturated heterocycles. The van der Waals surface area contributed by atoms with Crippen LogP contribution in [-0.4, -0.2) is 15.0 Å². The van der Waals surface area contributed by atoms with Crippen LogP contribution in [0.2, 0.25) is 0 Å². The lowest BCUT2D eigenvalue weighted by Crippen LogP contribution is -1.85. The summed E-state index contributed by atoms with van der Waals surface area (Å²) in [4.78, 5) is 10.9. The van der Waals surface area contributed by atoms with Gasteiger partial charge in [0.2, 0.25) is 0 Å².